The third-order valence-electron chi connectivity index (χ3n) is 4.06. The number of ether oxygens (including phenoxy) is 2. The van der Waals surface area contributed by atoms with E-state index in [9.17, 15) is 4.79 Å². The quantitative estimate of drug-likeness (QED) is 0.653. The molecule has 1 aliphatic heterocycles. The summed E-state index contributed by atoms with van der Waals surface area (Å²) in [5.74, 6) is 0.0545. The predicted molar refractivity (Wildman–Crippen MR) is 103 cm³/mol. The van der Waals surface area contributed by atoms with Gasteiger partial charge < -0.3 is 14.8 Å². The van der Waals surface area contributed by atoms with E-state index in [2.05, 4.69) is 25.5 Å². The number of hydrogen-bond donors (Lipinski definition) is 1. The van der Waals surface area contributed by atoms with E-state index in [1.165, 1.54) is 28.7 Å². The SMILES string of the molecule is COCc1cnc(Cn2ncc(NC(=O)C3N=COC3c3ccccc3)n2)s1. The van der Waals surface area contributed by atoms with Crippen LogP contribution in [0.2, 0.25) is 0 Å². The number of rotatable bonds is 7. The van der Waals surface area contributed by atoms with Crippen LogP contribution in [-0.2, 0) is 27.4 Å². The zero-order valence-electron chi connectivity index (χ0n) is 15.1. The lowest BCUT2D eigenvalue weighted by molar-refractivity contribution is -0.118. The Balaban J connectivity index is 1.39. The Hall–Kier alpha value is -3.11. The smallest absolute Gasteiger partial charge is 0.254 e. The van der Waals surface area contributed by atoms with E-state index in [0.717, 1.165) is 15.4 Å². The monoisotopic (exact) mass is 398 g/mol. The number of methoxy groups -OCH3 is 1. The van der Waals surface area contributed by atoms with E-state index < -0.39 is 12.1 Å². The number of carbonyl (C=O) groups is 1. The molecule has 1 aliphatic rings. The molecule has 4 rings (SSSR count). The van der Waals surface area contributed by atoms with Crippen molar-refractivity contribution in [1.29, 1.82) is 0 Å². The maximum atomic E-state index is 12.6. The molecule has 10 heteroatoms. The molecule has 2 unspecified atom stereocenters. The van der Waals surface area contributed by atoms with Gasteiger partial charge in [0.05, 0.1) is 17.7 Å². The first-order chi connectivity index (χ1) is 13.7. The lowest BCUT2D eigenvalue weighted by Crippen LogP contribution is -2.30. The molecule has 1 N–H and O–H groups in total. The summed E-state index contributed by atoms with van der Waals surface area (Å²) >= 11 is 1.53. The van der Waals surface area contributed by atoms with Gasteiger partial charge in [-0.15, -0.1) is 16.4 Å². The van der Waals surface area contributed by atoms with Gasteiger partial charge in [0.2, 0.25) is 0 Å². The fraction of sp³-hybridized carbons (Fsp3) is 0.278. The van der Waals surface area contributed by atoms with Gasteiger partial charge in [0.1, 0.15) is 11.6 Å². The zero-order valence-corrected chi connectivity index (χ0v) is 15.9. The average molecular weight is 398 g/mol. The number of hydrogen-bond acceptors (Lipinski definition) is 8. The summed E-state index contributed by atoms with van der Waals surface area (Å²) in [6.07, 6.45) is 4.14. The molecule has 0 radical (unpaired) electrons. The second kappa shape index (κ2) is 8.28. The third kappa shape index (κ3) is 4.07. The molecule has 9 nitrogen and oxygen atoms in total. The molecule has 1 aromatic carbocycles. The third-order valence-corrected chi connectivity index (χ3v) is 5.02. The second-order valence-corrected chi connectivity index (χ2v) is 7.27. The molecule has 28 heavy (non-hydrogen) atoms. The van der Waals surface area contributed by atoms with Crippen LogP contribution in [0.1, 0.15) is 21.6 Å². The minimum absolute atomic E-state index is 0.300. The number of thiazole rings is 1. The molecule has 144 valence electrons. The summed E-state index contributed by atoms with van der Waals surface area (Å²) in [4.78, 5) is 23.6. The number of carbonyl (C=O) groups excluding carboxylic acids is 1. The highest BCUT2D eigenvalue weighted by Crippen LogP contribution is 2.27. The Kier molecular flexibility index (Phi) is 5.40. The number of benzene rings is 1. The van der Waals surface area contributed by atoms with Crippen LogP contribution in [0.3, 0.4) is 0 Å². The van der Waals surface area contributed by atoms with Crippen molar-refractivity contribution in [1.82, 2.24) is 20.0 Å². The Bertz CT molecular complexity index is 971. The van der Waals surface area contributed by atoms with Crippen molar-refractivity contribution in [3.63, 3.8) is 0 Å². The minimum Gasteiger partial charge on any atom is -0.473 e. The number of nitrogens with one attached hydrogen (secondary N) is 1. The molecule has 3 aromatic rings. The highest BCUT2D eigenvalue weighted by molar-refractivity contribution is 7.11. The van der Waals surface area contributed by atoms with E-state index in [-0.39, 0.29) is 5.91 Å². The van der Waals surface area contributed by atoms with Crippen molar-refractivity contribution in [3.8, 4) is 0 Å². The van der Waals surface area contributed by atoms with Gasteiger partial charge in [-0.25, -0.2) is 9.98 Å². The molecule has 0 saturated carbocycles. The summed E-state index contributed by atoms with van der Waals surface area (Å²) in [6.45, 7) is 0.944. The van der Waals surface area contributed by atoms with Crippen molar-refractivity contribution in [2.24, 2.45) is 4.99 Å². The van der Waals surface area contributed by atoms with Crippen molar-refractivity contribution < 1.29 is 14.3 Å². The van der Waals surface area contributed by atoms with Crippen molar-refractivity contribution in [3.05, 3.63) is 58.2 Å². The number of amides is 1. The summed E-state index contributed by atoms with van der Waals surface area (Å²) in [6, 6.07) is 8.84. The van der Waals surface area contributed by atoms with Crippen LogP contribution < -0.4 is 5.32 Å². The summed E-state index contributed by atoms with van der Waals surface area (Å²) < 4.78 is 10.6. The maximum Gasteiger partial charge on any atom is 0.254 e. The first-order valence-electron chi connectivity index (χ1n) is 8.58. The first-order valence-corrected chi connectivity index (χ1v) is 9.40. The molecular formula is C18H18N6O3S. The van der Waals surface area contributed by atoms with Gasteiger partial charge in [0.25, 0.3) is 5.91 Å². The van der Waals surface area contributed by atoms with Crippen LogP contribution >= 0.6 is 11.3 Å². The maximum absolute atomic E-state index is 12.6. The summed E-state index contributed by atoms with van der Waals surface area (Å²) in [7, 11) is 1.64. The van der Waals surface area contributed by atoms with Crippen LogP contribution in [0.4, 0.5) is 5.82 Å². The standard InChI is InChI=1S/C18H18N6O3S/c1-26-10-13-7-19-15(28-13)9-24-21-8-14(23-24)22-18(25)16-17(27-11-20-16)12-5-3-2-4-6-12/h2-8,11,16-17H,9-10H2,1H3,(H,22,23,25). The molecule has 2 aromatic heterocycles. The predicted octanol–water partition coefficient (Wildman–Crippen LogP) is 2.04. The van der Waals surface area contributed by atoms with Crippen LogP contribution in [-0.4, -0.2) is 45.4 Å². The lowest BCUT2D eigenvalue weighted by atomic mass is 10.0. The fourth-order valence-corrected chi connectivity index (χ4v) is 3.68. The van der Waals surface area contributed by atoms with Gasteiger partial charge in [0, 0.05) is 13.3 Å². The van der Waals surface area contributed by atoms with Gasteiger partial charge in [-0.1, -0.05) is 30.3 Å². The molecule has 3 heterocycles. The molecule has 0 spiro atoms. The molecule has 0 fully saturated rings. The summed E-state index contributed by atoms with van der Waals surface area (Å²) in [5.41, 5.74) is 0.888. The normalized spacial score (nSPS) is 18.2. The van der Waals surface area contributed by atoms with E-state index in [1.54, 1.807) is 13.3 Å². The van der Waals surface area contributed by atoms with Crippen LogP contribution in [0.25, 0.3) is 0 Å². The highest BCUT2D eigenvalue weighted by atomic mass is 32.1. The molecule has 0 aliphatic carbocycles. The van der Waals surface area contributed by atoms with Crippen LogP contribution in [0, 0.1) is 0 Å². The van der Waals surface area contributed by atoms with E-state index in [1.807, 2.05) is 30.3 Å². The van der Waals surface area contributed by atoms with E-state index >= 15 is 0 Å². The number of nitrogens with zero attached hydrogens (tertiary/aromatic N) is 5. The minimum atomic E-state index is -0.678. The van der Waals surface area contributed by atoms with Crippen molar-refractivity contribution in [2.75, 3.05) is 12.4 Å². The Labute approximate surface area is 165 Å². The molecule has 2 atom stereocenters. The largest absolute Gasteiger partial charge is 0.473 e. The molecule has 1 amide bonds. The number of aromatic nitrogens is 4. The van der Waals surface area contributed by atoms with Crippen LogP contribution in [0.15, 0.2) is 47.7 Å². The molecule has 0 bridgehead atoms. The van der Waals surface area contributed by atoms with Gasteiger partial charge in [0.15, 0.2) is 24.4 Å². The second-order valence-electron chi connectivity index (χ2n) is 6.07. The Morgan fingerprint density at radius 3 is 3.00 bits per heavy atom. The van der Waals surface area contributed by atoms with Gasteiger partial charge in [-0.3, -0.25) is 4.79 Å². The Morgan fingerprint density at radius 2 is 2.18 bits per heavy atom. The summed E-state index contributed by atoms with van der Waals surface area (Å²) in [5, 5.41) is 12.1. The van der Waals surface area contributed by atoms with E-state index in [4.69, 9.17) is 9.47 Å². The first kappa shape index (κ1) is 18.3. The Morgan fingerprint density at radius 1 is 1.32 bits per heavy atom. The molecule has 0 saturated heterocycles. The highest BCUT2D eigenvalue weighted by Gasteiger charge is 2.34. The van der Waals surface area contributed by atoms with Gasteiger partial charge in [-0.05, 0) is 5.56 Å². The van der Waals surface area contributed by atoms with Crippen LogP contribution in [0.5, 0.6) is 0 Å². The van der Waals surface area contributed by atoms with Gasteiger partial charge in [-0.2, -0.15) is 9.90 Å². The van der Waals surface area contributed by atoms with Gasteiger partial charge >= 0.3 is 0 Å². The average Bonchev–Trinajstić information content (AvgIpc) is 3.45. The molecular weight excluding hydrogens is 380 g/mol. The topological polar surface area (TPSA) is 104 Å². The fourth-order valence-electron chi connectivity index (χ4n) is 2.81. The zero-order chi connectivity index (χ0) is 19.3. The lowest BCUT2D eigenvalue weighted by Gasteiger charge is -2.16. The van der Waals surface area contributed by atoms with E-state index in [0.29, 0.717) is 19.0 Å². The van der Waals surface area contributed by atoms with Crippen molar-refractivity contribution >= 4 is 29.5 Å². The van der Waals surface area contributed by atoms with Crippen molar-refractivity contribution in [2.45, 2.75) is 25.3 Å². The number of anilines is 1. The number of aliphatic imine (C=N–C) groups is 1.